The summed E-state index contributed by atoms with van der Waals surface area (Å²) in [5.41, 5.74) is 2.12. The normalized spacial score (nSPS) is 29.1. The van der Waals surface area contributed by atoms with E-state index in [0.29, 0.717) is 55.8 Å². The molecule has 11 nitrogen and oxygen atoms in total. The van der Waals surface area contributed by atoms with Gasteiger partial charge in [0.15, 0.2) is 5.82 Å². The van der Waals surface area contributed by atoms with Gasteiger partial charge in [-0.15, -0.1) is 5.10 Å². The van der Waals surface area contributed by atoms with Gasteiger partial charge in [0, 0.05) is 45.3 Å². The number of halogens is 1. The zero-order chi connectivity index (χ0) is 32.1. The quantitative estimate of drug-likeness (QED) is 0.390. The third-order valence-electron chi connectivity index (χ3n) is 9.19. The van der Waals surface area contributed by atoms with Crippen molar-refractivity contribution in [2.24, 2.45) is 11.8 Å². The minimum Gasteiger partial charge on any atom is -0.457 e. The van der Waals surface area contributed by atoms with Crippen LogP contribution < -0.4 is 0 Å². The van der Waals surface area contributed by atoms with Crippen molar-refractivity contribution in [1.29, 1.82) is 0 Å². The lowest BCUT2D eigenvalue weighted by atomic mass is 9.91. The molecular weight excluding hydrogens is 581 g/mol. The number of rotatable bonds is 4. The molecule has 3 aliphatic rings. The lowest BCUT2D eigenvalue weighted by molar-refractivity contribution is -0.151. The summed E-state index contributed by atoms with van der Waals surface area (Å²) in [4.78, 5) is 29.9. The number of aromatic nitrogens is 3. The second-order valence-corrected chi connectivity index (χ2v) is 12.8. The maximum absolute atomic E-state index is 15.2. The third kappa shape index (κ3) is 8.28. The lowest BCUT2D eigenvalue weighted by Crippen LogP contribution is -2.48. The van der Waals surface area contributed by atoms with E-state index in [1.54, 1.807) is 9.58 Å². The Morgan fingerprint density at radius 2 is 1.82 bits per heavy atom. The fourth-order valence-corrected chi connectivity index (χ4v) is 6.28. The van der Waals surface area contributed by atoms with E-state index in [4.69, 9.17) is 14.2 Å². The standard InChI is InChI=1S/C33H46FN5O6/c1-21-5-7-26(40)20-30(41)45-32(22(2)6-8-29(21)44-33(42)38-13-11-37(4)12-14-38)23(3)17-24-18-27(34)31-28(19-24)39(36-35-31)25-9-15-43-16-10-25/h6,8,17-19,21-22,25-26,29,32,40H,5,7,9-16,20H2,1-4H3/b8-6+,23-17+/t21-,22-,26+,29-,32-/m0/s1. The van der Waals surface area contributed by atoms with Crippen molar-refractivity contribution >= 4 is 29.2 Å². The van der Waals surface area contributed by atoms with E-state index in [2.05, 4.69) is 15.2 Å². The van der Waals surface area contributed by atoms with Gasteiger partial charge in [-0.3, -0.25) is 4.79 Å². The van der Waals surface area contributed by atoms with E-state index in [-0.39, 0.29) is 35.9 Å². The van der Waals surface area contributed by atoms with Crippen LogP contribution in [0.4, 0.5) is 9.18 Å². The first-order valence-corrected chi connectivity index (χ1v) is 16.1. The zero-order valence-corrected chi connectivity index (χ0v) is 26.7. The van der Waals surface area contributed by atoms with Gasteiger partial charge in [-0.05, 0) is 74.9 Å². The van der Waals surface area contributed by atoms with Gasteiger partial charge in [0.2, 0.25) is 0 Å². The van der Waals surface area contributed by atoms with E-state index < -0.39 is 30.1 Å². The molecule has 2 aromatic rings. The molecule has 1 aromatic heterocycles. The van der Waals surface area contributed by atoms with Crippen LogP contribution in [-0.2, 0) is 19.0 Å². The van der Waals surface area contributed by atoms with Crippen LogP contribution in [0.1, 0.15) is 64.5 Å². The molecule has 45 heavy (non-hydrogen) atoms. The molecule has 246 valence electrons. The van der Waals surface area contributed by atoms with Gasteiger partial charge in [0.25, 0.3) is 0 Å². The van der Waals surface area contributed by atoms with Crippen LogP contribution in [0.25, 0.3) is 17.1 Å². The Bertz CT molecular complexity index is 1400. The van der Waals surface area contributed by atoms with Gasteiger partial charge >= 0.3 is 12.1 Å². The van der Waals surface area contributed by atoms with E-state index in [0.717, 1.165) is 25.9 Å². The number of cyclic esters (lactones) is 1. The molecule has 3 aliphatic heterocycles. The van der Waals surface area contributed by atoms with Crippen molar-refractivity contribution in [2.75, 3.05) is 46.4 Å². The maximum Gasteiger partial charge on any atom is 0.410 e. The number of hydrogen-bond acceptors (Lipinski definition) is 9. The summed E-state index contributed by atoms with van der Waals surface area (Å²) in [5, 5.41) is 19.0. The number of hydrogen-bond donors (Lipinski definition) is 1. The Labute approximate surface area is 264 Å². The number of aliphatic hydroxyl groups excluding tert-OH is 1. The topological polar surface area (TPSA) is 119 Å². The average molecular weight is 628 g/mol. The van der Waals surface area contributed by atoms with Crippen molar-refractivity contribution in [1.82, 2.24) is 24.8 Å². The highest BCUT2D eigenvalue weighted by atomic mass is 19.1. The van der Waals surface area contributed by atoms with Gasteiger partial charge in [0.05, 0.1) is 24.1 Å². The Hall–Kier alpha value is -3.35. The van der Waals surface area contributed by atoms with E-state index >= 15 is 4.39 Å². The first kappa shape index (κ1) is 33.0. The summed E-state index contributed by atoms with van der Waals surface area (Å²) in [6.45, 7) is 9.78. The van der Waals surface area contributed by atoms with Crippen LogP contribution in [0.5, 0.6) is 0 Å². The van der Waals surface area contributed by atoms with Crippen molar-refractivity contribution in [3.05, 3.63) is 41.2 Å². The summed E-state index contributed by atoms with van der Waals surface area (Å²) in [6.07, 6.45) is 5.51. The van der Waals surface area contributed by atoms with Crippen LogP contribution in [-0.4, -0.2) is 107 Å². The molecule has 0 unspecified atom stereocenters. The Morgan fingerprint density at radius 1 is 1.09 bits per heavy atom. The molecule has 1 N–H and O–H groups in total. The van der Waals surface area contributed by atoms with E-state index in [1.807, 2.05) is 52.1 Å². The predicted octanol–water partition coefficient (Wildman–Crippen LogP) is 4.36. The smallest absolute Gasteiger partial charge is 0.410 e. The number of piperazine rings is 1. The first-order chi connectivity index (χ1) is 21.6. The molecule has 0 bridgehead atoms. The van der Waals surface area contributed by atoms with Crippen molar-refractivity contribution in [2.45, 2.75) is 77.2 Å². The molecule has 5 atom stereocenters. The molecule has 0 saturated carbocycles. The number of carbonyl (C=O) groups is 2. The average Bonchev–Trinajstić information content (AvgIpc) is 3.45. The number of fused-ring (bicyclic) bond motifs is 1. The van der Waals surface area contributed by atoms with Crippen LogP contribution in [0.3, 0.4) is 0 Å². The summed E-state index contributed by atoms with van der Waals surface area (Å²) in [5.74, 6) is -1.36. The van der Waals surface area contributed by atoms with Crippen molar-refractivity contribution in [3.8, 4) is 0 Å². The van der Waals surface area contributed by atoms with Crippen molar-refractivity contribution < 1.29 is 33.3 Å². The molecule has 2 fully saturated rings. The molecule has 5 rings (SSSR count). The Morgan fingerprint density at radius 3 is 2.56 bits per heavy atom. The van der Waals surface area contributed by atoms with Gasteiger partial charge in [-0.2, -0.15) is 0 Å². The number of esters is 1. The van der Waals surface area contributed by atoms with Gasteiger partial charge in [-0.1, -0.05) is 31.2 Å². The molecule has 0 spiro atoms. The second-order valence-electron chi connectivity index (χ2n) is 12.8. The predicted molar refractivity (Wildman–Crippen MR) is 167 cm³/mol. The van der Waals surface area contributed by atoms with Gasteiger partial charge in [0.1, 0.15) is 17.7 Å². The number of carbonyl (C=O) groups excluding carboxylic acids is 2. The molecule has 4 heterocycles. The number of benzene rings is 1. The highest BCUT2D eigenvalue weighted by molar-refractivity contribution is 5.79. The number of ether oxygens (including phenoxy) is 3. The van der Waals surface area contributed by atoms with Crippen LogP contribution in [0, 0.1) is 17.7 Å². The SMILES string of the molecule is C/C(=C\c1cc(F)c2nnn(C3CCOCC3)c2c1)[C@H]1OC(=O)C[C@H](O)CC[C@H](C)[C@@H](OC(=O)N2CCN(C)CC2)/C=C/[C@@H]1C. The summed E-state index contributed by atoms with van der Waals surface area (Å²) in [6, 6.07) is 3.34. The molecular formula is C33H46FN5O6. The molecule has 0 radical (unpaired) electrons. The van der Waals surface area contributed by atoms with Crippen LogP contribution in [0.15, 0.2) is 29.9 Å². The maximum atomic E-state index is 15.2. The van der Waals surface area contributed by atoms with E-state index in [1.165, 1.54) is 6.07 Å². The summed E-state index contributed by atoms with van der Waals surface area (Å²) < 4.78 is 34.4. The molecule has 0 aliphatic carbocycles. The molecule has 12 heteroatoms. The van der Waals surface area contributed by atoms with Gasteiger partial charge < -0.3 is 29.1 Å². The zero-order valence-electron chi connectivity index (χ0n) is 26.7. The molecule has 2 saturated heterocycles. The highest BCUT2D eigenvalue weighted by Crippen LogP contribution is 2.29. The van der Waals surface area contributed by atoms with Crippen LogP contribution in [0.2, 0.25) is 0 Å². The van der Waals surface area contributed by atoms with Crippen molar-refractivity contribution in [3.63, 3.8) is 0 Å². The number of likely N-dealkylation sites (N-methyl/N-ethyl adjacent to an activating group) is 1. The largest absolute Gasteiger partial charge is 0.457 e. The lowest BCUT2D eigenvalue weighted by Gasteiger charge is -2.33. The Kier molecular flexibility index (Phi) is 10.9. The minimum absolute atomic E-state index is 0.0751. The van der Waals surface area contributed by atoms with Gasteiger partial charge in [-0.25, -0.2) is 13.9 Å². The minimum atomic E-state index is -0.882. The number of aliphatic hydroxyl groups is 1. The first-order valence-electron chi connectivity index (χ1n) is 16.1. The number of amides is 1. The third-order valence-corrected chi connectivity index (χ3v) is 9.19. The Balaban J connectivity index is 1.40. The van der Waals surface area contributed by atoms with E-state index in [9.17, 15) is 14.7 Å². The summed E-state index contributed by atoms with van der Waals surface area (Å²) in [7, 11) is 2.03. The highest BCUT2D eigenvalue weighted by Gasteiger charge is 2.29. The fraction of sp³-hybridized carbons (Fsp3) is 0.636. The van der Waals surface area contributed by atoms with Crippen LogP contribution >= 0.6 is 0 Å². The fourth-order valence-electron chi connectivity index (χ4n) is 6.28. The monoisotopic (exact) mass is 627 g/mol. The second kappa shape index (κ2) is 14.8. The number of nitrogens with zero attached hydrogens (tertiary/aromatic N) is 5. The molecule has 1 amide bonds. The molecule has 1 aromatic carbocycles. The summed E-state index contributed by atoms with van der Waals surface area (Å²) >= 11 is 0.